The van der Waals surface area contributed by atoms with Gasteiger partial charge in [-0.3, -0.25) is 9.78 Å². The predicted octanol–water partition coefficient (Wildman–Crippen LogP) is 4.10. The number of hydrogen-bond acceptors (Lipinski definition) is 7. The highest BCUT2D eigenvalue weighted by atomic mass is 16.5. The maximum absolute atomic E-state index is 12.5. The summed E-state index contributed by atoms with van der Waals surface area (Å²) in [6.45, 7) is 5.16. The molecule has 0 fully saturated rings. The zero-order chi connectivity index (χ0) is 22.8. The first-order valence-corrected chi connectivity index (χ1v) is 10.3. The molecule has 3 aromatic rings. The lowest BCUT2D eigenvalue weighted by atomic mass is 10.1. The van der Waals surface area contributed by atoms with Crippen molar-refractivity contribution in [3.63, 3.8) is 0 Å². The molecule has 0 bridgehead atoms. The lowest BCUT2D eigenvalue weighted by molar-refractivity contribution is 0.0950. The largest absolute Gasteiger partial charge is 0.497 e. The second-order valence-electron chi connectivity index (χ2n) is 6.74. The molecule has 1 N–H and O–H groups in total. The number of nitrogens with one attached hydrogen (secondary N) is 1. The minimum absolute atomic E-state index is 0.158. The van der Waals surface area contributed by atoms with Gasteiger partial charge in [0.1, 0.15) is 22.9 Å². The van der Waals surface area contributed by atoms with Crippen LogP contribution in [0.2, 0.25) is 0 Å². The Bertz CT molecular complexity index is 1070. The van der Waals surface area contributed by atoms with Crippen LogP contribution in [0, 0.1) is 0 Å². The van der Waals surface area contributed by atoms with E-state index in [9.17, 15) is 4.79 Å². The molecule has 166 valence electrons. The number of hydrogen-bond donors (Lipinski definition) is 1. The molecular weight excluding hydrogens is 408 g/mol. The van der Waals surface area contributed by atoms with Gasteiger partial charge in [0, 0.05) is 17.2 Å². The highest BCUT2D eigenvalue weighted by Crippen LogP contribution is 2.22. The van der Waals surface area contributed by atoms with E-state index in [0.717, 1.165) is 23.3 Å². The Hall–Kier alpha value is -3.94. The summed E-state index contributed by atoms with van der Waals surface area (Å²) in [5.41, 5.74) is 4.77. The van der Waals surface area contributed by atoms with E-state index in [1.165, 1.54) is 12.4 Å². The van der Waals surface area contributed by atoms with Crippen LogP contribution in [0.5, 0.6) is 17.2 Å². The van der Waals surface area contributed by atoms with Gasteiger partial charge in [-0.2, -0.15) is 5.10 Å². The smallest absolute Gasteiger partial charge is 0.291 e. The van der Waals surface area contributed by atoms with Crippen molar-refractivity contribution in [3.05, 3.63) is 66.1 Å². The molecule has 1 heterocycles. The molecule has 0 atom stereocenters. The van der Waals surface area contributed by atoms with Gasteiger partial charge in [0.05, 0.1) is 44.6 Å². The fourth-order valence-corrected chi connectivity index (χ4v) is 2.82. The molecule has 0 saturated carbocycles. The van der Waals surface area contributed by atoms with Gasteiger partial charge < -0.3 is 14.2 Å². The van der Waals surface area contributed by atoms with E-state index >= 15 is 0 Å². The van der Waals surface area contributed by atoms with Crippen LogP contribution in [-0.2, 0) is 0 Å². The van der Waals surface area contributed by atoms with Crippen LogP contribution in [0.15, 0.2) is 60.0 Å². The van der Waals surface area contributed by atoms with Crippen molar-refractivity contribution in [2.75, 3.05) is 20.3 Å². The van der Waals surface area contributed by atoms with Gasteiger partial charge >= 0.3 is 0 Å². The van der Waals surface area contributed by atoms with Crippen LogP contribution in [0.25, 0.3) is 11.3 Å². The van der Waals surface area contributed by atoms with Crippen molar-refractivity contribution < 1.29 is 19.0 Å². The van der Waals surface area contributed by atoms with Gasteiger partial charge in [-0.1, -0.05) is 6.92 Å². The Labute approximate surface area is 187 Å². The van der Waals surface area contributed by atoms with E-state index in [1.54, 1.807) is 25.4 Å². The molecule has 2 aromatic carbocycles. The van der Waals surface area contributed by atoms with Crippen molar-refractivity contribution in [1.29, 1.82) is 0 Å². The number of hydrazone groups is 1. The number of benzene rings is 2. The number of carbonyl (C=O) groups excluding carboxylic acids is 1. The molecule has 0 aliphatic carbocycles. The van der Waals surface area contributed by atoms with Crippen molar-refractivity contribution in [3.8, 4) is 28.5 Å². The molecule has 1 amide bonds. The summed E-state index contributed by atoms with van der Waals surface area (Å²) in [5.74, 6) is 1.62. The summed E-state index contributed by atoms with van der Waals surface area (Å²) in [7, 11) is 1.58. The van der Waals surface area contributed by atoms with Crippen LogP contribution in [-0.4, -0.2) is 42.4 Å². The number of methoxy groups -OCH3 is 1. The Morgan fingerprint density at radius 2 is 1.81 bits per heavy atom. The monoisotopic (exact) mass is 434 g/mol. The van der Waals surface area contributed by atoms with E-state index in [-0.39, 0.29) is 5.69 Å². The Balaban J connectivity index is 1.68. The molecule has 0 aliphatic heterocycles. The highest BCUT2D eigenvalue weighted by molar-refractivity contribution is 5.93. The third-order valence-electron chi connectivity index (χ3n) is 4.32. The quantitative estimate of drug-likeness (QED) is 0.381. The Morgan fingerprint density at radius 3 is 2.53 bits per heavy atom. The van der Waals surface area contributed by atoms with Gasteiger partial charge in [-0.15, -0.1) is 0 Å². The maximum Gasteiger partial charge on any atom is 0.291 e. The zero-order valence-electron chi connectivity index (χ0n) is 18.4. The summed E-state index contributed by atoms with van der Waals surface area (Å²) in [4.78, 5) is 21.0. The van der Waals surface area contributed by atoms with Crippen molar-refractivity contribution >= 4 is 12.1 Å². The third-order valence-corrected chi connectivity index (χ3v) is 4.32. The van der Waals surface area contributed by atoms with Crippen LogP contribution in [0.3, 0.4) is 0 Å². The van der Waals surface area contributed by atoms with E-state index in [4.69, 9.17) is 14.2 Å². The van der Waals surface area contributed by atoms with Gasteiger partial charge in [0.25, 0.3) is 5.91 Å². The van der Waals surface area contributed by atoms with E-state index in [2.05, 4.69) is 20.5 Å². The first-order valence-electron chi connectivity index (χ1n) is 10.3. The molecule has 0 spiro atoms. The first kappa shape index (κ1) is 22.7. The average Bonchev–Trinajstić information content (AvgIpc) is 2.83. The fourth-order valence-electron chi connectivity index (χ4n) is 2.82. The van der Waals surface area contributed by atoms with Crippen LogP contribution >= 0.6 is 0 Å². The number of ether oxygens (including phenoxy) is 3. The molecule has 0 saturated heterocycles. The Kier molecular flexibility index (Phi) is 8.14. The van der Waals surface area contributed by atoms with Gasteiger partial charge in [0.15, 0.2) is 0 Å². The number of carbonyl (C=O) groups is 1. The molecule has 8 nitrogen and oxygen atoms in total. The molecule has 8 heteroatoms. The third kappa shape index (κ3) is 6.28. The summed E-state index contributed by atoms with van der Waals surface area (Å²) < 4.78 is 16.4. The second kappa shape index (κ2) is 11.5. The normalized spacial score (nSPS) is 10.7. The topological polar surface area (TPSA) is 94.9 Å². The molecular formula is C24H26N4O4. The van der Waals surface area contributed by atoms with Crippen molar-refractivity contribution in [2.24, 2.45) is 5.10 Å². The fraction of sp³-hybridized carbons (Fsp3) is 0.250. The van der Waals surface area contributed by atoms with Crippen molar-refractivity contribution in [2.45, 2.75) is 20.3 Å². The van der Waals surface area contributed by atoms with E-state index in [1.807, 2.05) is 44.2 Å². The first-order chi connectivity index (χ1) is 15.6. The standard InChI is InChI=1S/C24H26N4O4/c1-4-10-32-21-12-17(11-20(13-21)30-3)14-26-28-24(29)23-16-25-15-22(27-23)18-6-8-19(9-7-18)31-5-2/h6-9,11-16H,4-5,10H2,1-3H3,(H,28,29). The van der Waals surface area contributed by atoms with Gasteiger partial charge in [0.2, 0.25) is 0 Å². The molecule has 0 radical (unpaired) electrons. The summed E-state index contributed by atoms with van der Waals surface area (Å²) in [6, 6.07) is 12.9. The van der Waals surface area contributed by atoms with Crippen LogP contribution < -0.4 is 19.6 Å². The van der Waals surface area contributed by atoms with Crippen LogP contribution in [0.4, 0.5) is 0 Å². The molecule has 1 aromatic heterocycles. The molecule has 3 rings (SSSR count). The molecule has 32 heavy (non-hydrogen) atoms. The minimum atomic E-state index is -0.466. The Morgan fingerprint density at radius 1 is 1.03 bits per heavy atom. The number of amides is 1. The summed E-state index contributed by atoms with van der Waals surface area (Å²) in [5, 5.41) is 4.03. The zero-order valence-corrected chi connectivity index (χ0v) is 18.4. The van der Waals surface area contributed by atoms with Crippen molar-refractivity contribution in [1.82, 2.24) is 15.4 Å². The van der Waals surface area contributed by atoms with Crippen LogP contribution in [0.1, 0.15) is 36.3 Å². The SMILES string of the molecule is CCCOc1cc(C=NNC(=O)c2cncc(-c3ccc(OCC)cc3)n2)cc(OC)c1. The van der Waals surface area contributed by atoms with E-state index in [0.29, 0.717) is 30.4 Å². The maximum atomic E-state index is 12.5. The number of aromatic nitrogens is 2. The van der Waals surface area contributed by atoms with E-state index < -0.39 is 5.91 Å². The highest BCUT2D eigenvalue weighted by Gasteiger charge is 2.09. The number of nitrogens with zero attached hydrogens (tertiary/aromatic N) is 3. The minimum Gasteiger partial charge on any atom is -0.497 e. The van der Waals surface area contributed by atoms with Gasteiger partial charge in [-0.25, -0.2) is 10.4 Å². The number of rotatable bonds is 10. The lowest BCUT2D eigenvalue weighted by Gasteiger charge is -2.08. The van der Waals surface area contributed by atoms with Gasteiger partial charge in [-0.05, 0) is 49.7 Å². The molecule has 0 aliphatic rings. The summed E-state index contributed by atoms with van der Waals surface area (Å²) >= 11 is 0. The molecule has 0 unspecified atom stereocenters. The average molecular weight is 434 g/mol. The second-order valence-corrected chi connectivity index (χ2v) is 6.74. The predicted molar refractivity (Wildman–Crippen MR) is 122 cm³/mol. The summed E-state index contributed by atoms with van der Waals surface area (Å²) in [6.07, 6.45) is 5.41. The lowest BCUT2D eigenvalue weighted by Crippen LogP contribution is -2.19.